The molecule has 3 heterocycles. The molecular weight excluding hydrogens is 488 g/mol. The zero-order chi connectivity index (χ0) is 28.1. The van der Waals surface area contributed by atoms with Crippen molar-refractivity contribution >= 4 is 21.7 Å². The number of pyridine rings is 1. The van der Waals surface area contributed by atoms with Crippen molar-refractivity contribution in [2.24, 2.45) is 5.41 Å². The van der Waals surface area contributed by atoms with Crippen LogP contribution >= 0.6 is 0 Å². The van der Waals surface area contributed by atoms with Gasteiger partial charge in [0.15, 0.2) is 6.10 Å². The van der Waals surface area contributed by atoms with Gasteiger partial charge in [-0.3, -0.25) is 0 Å². The molecule has 9 rings (SSSR count). The fourth-order valence-electron chi connectivity index (χ4n) is 9.55. The zero-order valence-electron chi connectivity index (χ0n) is 25.7. The molecule has 40 heavy (non-hydrogen) atoms. The minimum atomic E-state index is 0.0141. The Morgan fingerprint density at radius 1 is 0.975 bits per heavy atom. The van der Waals surface area contributed by atoms with Gasteiger partial charge < -0.3 is 9.64 Å². The lowest BCUT2D eigenvalue weighted by atomic mass is 9.44. The number of hydrogen-bond donors (Lipinski definition) is 0. The average Bonchev–Trinajstić information content (AvgIpc) is 3.57. The summed E-state index contributed by atoms with van der Waals surface area (Å²) in [5, 5.41) is 4.20. The molecule has 3 heteroatoms. The molecule has 2 aliphatic heterocycles. The maximum absolute atomic E-state index is 7.13. The molecule has 3 aliphatic carbocycles. The summed E-state index contributed by atoms with van der Waals surface area (Å²) in [7, 11) is 2.35. The van der Waals surface area contributed by atoms with E-state index < -0.39 is 0 Å². The second kappa shape index (κ2) is 8.79. The molecule has 5 aliphatic rings. The van der Waals surface area contributed by atoms with Crippen LogP contribution in [-0.4, -0.2) is 29.5 Å². The van der Waals surface area contributed by atoms with E-state index in [2.05, 4.69) is 69.1 Å². The van der Waals surface area contributed by atoms with Crippen molar-refractivity contribution in [3.05, 3.63) is 81.0 Å². The normalized spacial score (nSPS) is 28.2. The second-order valence-corrected chi connectivity index (χ2v) is 12.6. The number of aromatic nitrogens is 1. The van der Waals surface area contributed by atoms with Gasteiger partial charge in [-0.25, -0.2) is 4.98 Å². The molecule has 0 N–H and O–H groups in total. The summed E-state index contributed by atoms with van der Waals surface area (Å²) in [6, 6.07) is 14.5. The van der Waals surface area contributed by atoms with Gasteiger partial charge in [0.25, 0.3) is 0 Å². The lowest BCUT2D eigenvalue weighted by Gasteiger charge is -2.64. The van der Waals surface area contributed by atoms with E-state index in [1.54, 1.807) is 0 Å². The fourth-order valence-corrected chi connectivity index (χ4v) is 9.55. The van der Waals surface area contributed by atoms with Gasteiger partial charge in [0.1, 0.15) is 5.75 Å². The number of likely N-dealkylation sites (N-methyl/N-ethyl adjacent to an activating group) is 1. The highest BCUT2D eigenvalue weighted by atomic mass is 16.5. The van der Waals surface area contributed by atoms with Gasteiger partial charge in [-0.15, -0.1) is 0 Å². The Morgan fingerprint density at radius 3 is 2.58 bits per heavy atom. The summed E-state index contributed by atoms with van der Waals surface area (Å²) in [6.07, 6.45) is 5.61. The molecule has 4 atom stereocenters. The van der Waals surface area contributed by atoms with Gasteiger partial charge >= 0.3 is 0 Å². The first kappa shape index (κ1) is 26.0. The zero-order valence-corrected chi connectivity index (χ0v) is 25.7. The van der Waals surface area contributed by atoms with E-state index >= 15 is 0 Å². The van der Waals surface area contributed by atoms with E-state index in [0.717, 1.165) is 38.6 Å². The predicted molar refractivity (Wildman–Crippen MR) is 167 cm³/mol. The summed E-state index contributed by atoms with van der Waals surface area (Å²) >= 11 is 0. The fraction of sp³-hybridized carbons (Fsp3) is 0.486. The van der Waals surface area contributed by atoms with Crippen molar-refractivity contribution in [2.45, 2.75) is 98.1 Å². The monoisotopic (exact) mass is 532 g/mol. The van der Waals surface area contributed by atoms with Crippen LogP contribution in [0, 0.1) is 19.3 Å². The van der Waals surface area contributed by atoms with Crippen LogP contribution in [0.2, 0.25) is 0 Å². The van der Waals surface area contributed by atoms with E-state index in [1.165, 1.54) is 72.1 Å². The van der Waals surface area contributed by atoms with Gasteiger partial charge in [-0.05, 0) is 110 Å². The number of aryl methyl sites for hydroxylation is 4. The maximum Gasteiger partial charge on any atom is 0.151 e. The number of fused-ring (bicyclic) bond motifs is 4. The minimum Gasteiger partial charge on any atom is -0.483 e. The van der Waals surface area contributed by atoms with Crippen molar-refractivity contribution in [2.75, 3.05) is 13.6 Å². The first-order valence-electron chi connectivity index (χ1n) is 15.8. The Bertz CT molecular complexity index is 1700. The van der Waals surface area contributed by atoms with Gasteiger partial charge in [-0.2, -0.15) is 0 Å². The van der Waals surface area contributed by atoms with E-state index in [-0.39, 0.29) is 16.9 Å². The van der Waals surface area contributed by atoms with E-state index in [4.69, 9.17) is 9.72 Å². The Labute approximate surface area is 239 Å². The lowest BCUT2D eigenvalue weighted by molar-refractivity contribution is -0.0910. The molecule has 0 unspecified atom stereocenters. The molecule has 1 spiro atoms. The quantitative estimate of drug-likeness (QED) is 0.213. The second-order valence-electron chi connectivity index (χ2n) is 12.6. The highest BCUT2D eigenvalue weighted by Crippen LogP contribution is 2.71. The summed E-state index contributed by atoms with van der Waals surface area (Å²) in [6.45, 7) is 16.3. The number of ether oxygens (including phenoxy) is 1. The van der Waals surface area contributed by atoms with Crippen molar-refractivity contribution in [1.29, 1.82) is 0 Å². The van der Waals surface area contributed by atoms with Gasteiger partial charge in [0.2, 0.25) is 0 Å². The van der Waals surface area contributed by atoms with E-state index in [1.807, 2.05) is 27.7 Å². The molecule has 208 valence electrons. The first-order valence-corrected chi connectivity index (χ1v) is 15.8. The first-order chi connectivity index (χ1) is 19.4. The Kier molecular flexibility index (Phi) is 5.72. The molecule has 1 saturated heterocycles. The third-order valence-corrected chi connectivity index (χ3v) is 11.3. The van der Waals surface area contributed by atoms with E-state index in [0.29, 0.717) is 6.04 Å². The number of piperidine rings is 1. The van der Waals surface area contributed by atoms with Crippen LogP contribution < -0.4 is 4.74 Å². The Hall–Kier alpha value is -2.91. The Morgan fingerprint density at radius 2 is 1.77 bits per heavy atom. The van der Waals surface area contributed by atoms with Crippen LogP contribution in [0.3, 0.4) is 0 Å². The van der Waals surface area contributed by atoms with E-state index in [9.17, 15) is 0 Å². The van der Waals surface area contributed by atoms with Gasteiger partial charge in [-0.1, -0.05) is 65.0 Å². The van der Waals surface area contributed by atoms with Crippen LogP contribution in [0.15, 0.2) is 36.4 Å². The summed E-state index contributed by atoms with van der Waals surface area (Å²) in [5.41, 5.74) is 12.8. The number of rotatable bonds is 0. The smallest absolute Gasteiger partial charge is 0.151 e. The van der Waals surface area contributed by atoms with Crippen LogP contribution in [0.4, 0.5) is 0 Å². The van der Waals surface area contributed by atoms with Crippen molar-refractivity contribution in [1.82, 2.24) is 9.88 Å². The summed E-state index contributed by atoms with van der Waals surface area (Å²) in [5.74, 6) is 1.17. The average molecular weight is 533 g/mol. The number of likely N-dealkylation sites (tertiary alicyclic amines) is 1. The molecule has 0 saturated carbocycles. The topological polar surface area (TPSA) is 25.4 Å². The molecule has 1 fully saturated rings. The van der Waals surface area contributed by atoms with Crippen molar-refractivity contribution < 1.29 is 4.74 Å². The van der Waals surface area contributed by atoms with Gasteiger partial charge in [0.05, 0.1) is 16.6 Å². The standard InChI is InChI=1S/C33H32N2O.2C2H6/c1-17-8-9-21-15-25-32(3)16-24-18(2)23-14-20-7-5-6-19-10-11-22(26(19)20)28(23)34-29(24)31-33(32,12-13-35(25)4)27(21)30(17)36-31;2*1-2/h5-9,14,25,31H,10-13,15-16H2,1-4H3;2*1-2H3/t25-,31+,32+,33+;;/m1../s1. The highest BCUT2D eigenvalue weighted by molar-refractivity contribution is 6.04. The van der Waals surface area contributed by atoms with Crippen molar-refractivity contribution in [3.63, 3.8) is 0 Å². The molecular formula is C37H44N2O. The molecule has 0 amide bonds. The molecule has 3 aromatic carbocycles. The third-order valence-electron chi connectivity index (χ3n) is 11.3. The van der Waals surface area contributed by atoms with Crippen LogP contribution in [-0.2, 0) is 31.1 Å². The molecule has 2 bridgehead atoms. The minimum absolute atomic E-state index is 0.0141. The van der Waals surface area contributed by atoms with Crippen LogP contribution in [0.1, 0.15) is 91.8 Å². The van der Waals surface area contributed by atoms with Crippen LogP contribution in [0.5, 0.6) is 5.75 Å². The molecule has 4 aromatic rings. The molecule has 3 nitrogen and oxygen atoms in total. The highest BCUT2D eigenvalue weighted by Gasteiger charge is 2.70. The number of hydrogen-bond acceptors (Lipinski definition) is 3. The summed E-state index contributed by atoms with van der Waals surface area (Å²) in [4.78, 5) is 8.27. The SMILES string of the molecule is CC.CC.Cc1ccc2c3c1O[C@H]1c4nc5c6c7c(cccc7cc5c(C)c4C[C@@]4(C)[C@@H](C2)N(C)CC[C@]314)CC6. The van der Waals surface area contributed by atoms with Gasteiger partial charge in [0, 0.05) is 22.4 Å². The van der Waals surface area contributed by atoms with Crippen LogP contribution in [0.25, 0.3) is 21.7 Å². The van der Waals surface area contributed by atoms with Crippen molar-refractivity contribution in [3.8, 4) is 5.75 Å². The number of benzene rings is 3. The molecule has 1 aromatic heterocycles. The lowest BCUT2D eigenvalue weighted by Crippen LogP contribution is -2.68. The summed E-state index contributed by atoms with van der Waals surface area (Å²) < 4.78 is 7.13. The maximum atomic E-state index is 7.13. The molecule has 0 radical (unpaired) electrons. The predicted octanol–water partition coefficient (Wildman–Crippen LogP) is 8.35. The third kappa shape index (κ3) is 2.88. The number of nitrogens with zero attached hydrogens (tertiary/aromatic N) is 2. The largest absolute Gasteiger partial charge is 0.483 e. The Balaban J connectivity index is 0.000000636.